The predicted octanol–water partition coefficient (Wildman–Crippen LogP) is 2.27. The molecule has 1 aliphatic rings. The highest BCUT2D eigenvalue weighted by Gasteiger charge is 2.28. The maximum Gasteiger partial charge on any atom is 0.257 e. The number of amides is 1. The Labute approximate surface area is 136 Å². The van der Waals surface area contributed by atoms with Gasteiger partial charge < -0.3 is 15.0 Å². The van der Waals surface area contributed by atoms with Crippen molar-refractivity contribution < 1.29 is 9.53 Å². The minimum atomic E-state index is -0.334. The van der Waals surface area contributed by atoms with Crippen LogP contribution in [-0.4, -0.2) is 46.7 Å². The molecule has 1 aliphatic heterocycles. The molecule has 0 radical (unpaired) electrons. The van der Waals surface area contributed by atoms with Gasteiger partial charge in [-0.15, -0.1) is 0 Å². The Morgan fingerprint density at radius 3 is 2.50 bits per heavy atom. The molecule has 2 atom stereocenters. The Hall–Kier alpha value is -1.40. The maximum atomic E-state index is 12.5. The molecule has 2 heterocycles. The van der Waals surface area contributed by atoms with Crippen LogP contribution in [0.1, 0.15) is 45.0 Å². The van der Waals surface area contributed by atoms with Gasteiger partial charge in [0.25, 0.3) is 5.91 Å². The molecule has 0 bridgehead atoms. The van der Waals surface area contributed by atoms with E-state index in [0.717, 1.165) is 0 Å². The summed E-state index contributed by atoms with van der Waals surface area (Å²) in [6.45, 7) is 11.1. The van der Waals surface area contributed by atoms with E-state index in [4.69, 9.17) is 16.3 Å². The molecule has 122 valence electrons. The number of aromatic nitrogens is 2. The smallest absolute Gasteiger partial charge is 0.257 e. The first-order chi connectivity index (χ1) is 10.2. The third kappa shape index (κ3) is 4.30. The molecule has 6 nitrogen and oxygen atoms in total. The lowest BCUT2D eigenvalue weighted by Gasteiger charge is -2.36. The fraction of sp³-hybridized carbons (Fsp3) is 0.667. The van der Waals surface area contributed by atoms with Crippen molar-refractivity contribution in [3.8, 4) is 0 Å². The number of hydrogen-bond acceptors (Lipinski definition) is 5. The van der Waals surface area contributed by atoms with E-state index in [2.05, 4.69) is 15.3 Å². The third-order valence-electron chi connectivity index (χ3n) is 3.19. The third-order valence-corrected chi connectivity index (χ3v) is 3.37. The summed E-state index contributed by atoms with van der Waals surface area (Å²) in [5, 5.41) is 3.07. The predicted molar refractivity (Wildman–Crippen MR) is 86.5 cm³/mol. The molecular weight excluding hydrogens is 304 g/mol. The van der Waals surface area contributed by atoms with E-state index in [1.165, 1.54) is 6.20 Å². The molecule has 7 heteroatoms. The van der Waals surface area contributed by atoms with Crippen molar-refractivity contribution in [1.29, 1.82) is 0 Å². The highest BCUT2D eigenvalue weighted by molar-refractivity contribution is 6.28. The number of nitrogens with one attached hydrogen (secondary N) is 1. The Kier molecular flexibility index (Phi) is 4.92. The number of halogens is 1. The quantitative estimate of drug-likeness (QED) is 0.844. The van der Waals surface area contributed by atoms with Crippen LogP contribution in [0, 0.1) is 0 Å². The SMILES string of the molecule is CC1CN(c2nc(Cl)ncc2C(=O)NC(C)(C)C)CC(C)O1. The number of carbonyl (C=O) groups excluding carboxylic acids is 1. The number of morpholine rings is 1. The number of ether oxygens (including phenoxy) is 1. The van der Waals surface area contributed by atoms with Crippen LogP contribution < -0.4 is 10.2 Å². The maximum absolute atomic E-state index is 12.5. The topological polar surface area (TPSA) is 67.4 Å². The summed E-state index contributed by atoms with van der Waals surface area (Å²) >= 11 is 5.93. The number of anilines is 1. The van der Waals surface area contributed by atoms with Crippen molar-refractivity contribution in [1.82, 2.24) is 15.3 Å². The molecule has 2 unspecified atom stereocenters. The molecule has 1 amide bonds. The van der Waals surface area contributed by atoms with E-state index >= 15 is 0 Å². The van der Waals surface area contributed by atoms with Crippen molar-refractivity contribution in [2.75, 3.05) is 18.0 Å². The Bertz CT molecular complexity index is 549. The summed E-state index contributed by atoms with van der Waals surface area (Å²) in [5.74, 6) is 0.356. The lowest BCUT2D eigenvalue weighted by molar-refractivity contribution is -0.00553. The van der Waals surface area contributed by atoms with Gasteiger partial charge in [-0.05, 0) is 46.2 Å². The lowest BCUT2D eigenvalue weighted by Crippen LogP contribution is -2.47. The molecular formula is C15H23ClN4O2. The van der Waals surface area contributed by atoms with E-state index in [9.17, 15) is 4.79 Å². The first kappa shape index (κ1) is 17.0. The zero-order valence-corrected chi connectivity index (χ0v) is 14.4. The van der Waals surface area contributed by atoms with Crippen LogP contribution >= 0.6 is 11.6 Å². The molecule has 2 rings (SSSR count). The van der Waals surface area contributed by atoms with Crippen LogP contribution in [0.2, 0.25) is 5.28 Å². The van der Waals surface area contributed by atoms with Crippen LogP contribution in [0.3, 0.4) is 0 Å². The summed E-state index contributed by atoms with van der Waals surface area (Å²) in [5.41, 5.74) is 0.0974. The largest absolute Gasteiger partial charge is 0.372 e. The fourth-order valence-electron chi connectivity index (χ4n) is 2.51. The van der Waals surface area contributed by atoms with Crippen molar-refractivity contribution in [2.24, 2.45) is 0 Å². The number of carbonyl (C=O) groups is 1. The number of hydrogen-bond donors (Lipinski definition) is 1. The fourth-order valence-corrected chi connectivity index (χ4v) is 2.64. The van der Waals surface area contributed by atoms with E-state index < -0.39 is 0 Å². The van der Waals surface area contributed by atoms with E-state index in [1.807, 2.05) is 39.5 Å². The van der Waals surface area contributed by atoms with Crippen molar-refractivity contribution in [2.45, 2.75) is 52.4 Å². The minimum Gasteiger partial charge on any atom is -0.372 e. The van der Waals surface area contributed by atoms with Crippen LogP contribution in [0.25, 0.3) is 0 Å². The average Bonchev–Trinajstić information content (AvgIpc) is 2.35. The zero-order chi connectivity index (χ0) is 16.5. The van der Waals surface area contributed by atoms with Crippen molar-refractivity contribution in [3.63, 3.8) is 0 Å². The highest BCUT2D eigenvalue weighted by Crippen LogP contribution is 2.24. The first-order valence-corrected chi connectivity index (χ1v) is 7.79. The highest BCUT2D eigenvalue weighted by atomic mass is 35.5. The van der Waals surface area contributed by atoms with Gasteiger partial charge in [0.05, 0.1) is 12.2 Å². The first-order valence-electron chi connectivity index (χ1n) is 7.41. The van der Waals surface area contributed by atoms with Gasteiger partial charge in [-0.1, -0.05) is 0 Å². The Balaban J connectivity index is 2.33. The van der Waals surface area contributed by atoms with Gasteiger partial charge in [0, 0.05) is 24.8 Å². The zero-order valence-electron chi connectivity index (χ0n) is 13.7. The molecule has 0 aromatic carbocycles. The summed E-state index contributed by atoms with van der Waals surface area (Å²) in [6.07, 6.45) is 1.61. The van der Waals surface area contributed by atoms with Gasteiger partial charge in [-0.25, -0.2) is 4.98 Å². The molecule has 1 aromatic heterocycles. The summed E-state index contributed by atoms with van der Waals surface area (Å²) in [4.78, 5) is 22.8. The number of rotatable bonds is 2. The van der Waals surface area contributed by atoms with Gasteiger partial charge in [0.1, 0.15) is 11.4 Å². The van der Waals surface area contributed by atoms with E-state index in [0.29, 0.717) is 24.5 Å². The van der Waals surface area contributed by atoms with Crippen LogP contribution in [0.15, 0.2) is 6.20 Å². The van der Waals surface area contributed by atoms with E-state index in [-0.39, 0.29) is 28.9 Å². The summed E-state index contributed by atoms with van der Waals surface area (Å²) in [6, 6.07) is 0. The second kappa shape index (κ2) is 6.38. The molecule has 0 spiro atoms. The molecule has 22 heavy (non-hydrogen) atoms. The Morgan fingerprint density at radius 2 is 1.95 bits per heavy atom. The van der Waals surface area contributed by atoms with Gasteiger partial charge >= 0.3 is 0 Å². The minimum absolute atomic E-state index is 0.0658. The monoisotopic (exact) mass is 326 g/mol. The van der Waals surface area contributed by atoms with Gasteiger partial charge in [-0.3, -0.25) is 4.79 Å². The van der Waals surface area contributed by atoms with Gasteiger partial charge in [0.2, 0.25) is 5.28 Å². The molecule has 1 N–H and O–H groups in total. The van der Waals surface area contributed by atoms with E-state index in [1.54, 1.807) is 0 Å². The second-order valence-corrected chi connectivity index (χ2v) is 7.08. The summed E-state index contributed by atoms with van der Waals surface area (Å²) in [7, 11) is 0. The second-order valence-electron chi connectivity index (χ2n) is 6.74. The molecule has 1 aromatic rings. The molecule has 0 saturated carbocycles. The van der Waals surface area contributed by atoms with Crippen LogP contribution in [0.4, 0.5) is 5.82 Å². The van der Waals surface area contributed by atoms with Crippen LogP contribution in [0.5, 0.6) is 0 Å². The normalized spacial score (nSPS) is 22.5. The molecule has 1 fully saturated rings. The summed E-state index contributed by atoms with van der Waals surface area (Å²) < 4.78 is 5.73. The Morgan fingerprint density at radius 1 is 1.36 bits per heavy atom. The molecule has 0 aliphatic carbocycles. The van der Waals surface area contributed by atoms with Crippen molar-refractivity contribution in [3.05, 3.63) is 17.0 Å². The van der Waals surface area contributed by atoms with Crippen LogP contribution in [-0.2, 0) is 4.74 Å². The standard InChI is InChI=1S/C15H23ClN4O2/c1-9-7-20(8-10(2)22-9)12-11(6-17-14(16)18-12)13(21)19-15(3,4)5/h6,9-10H,7-8H2,1-5H3,(H,19,21). The molecule has 1 saturated heterocycles. The lowest BCUT2D eigenvalue weighted by atomic mass is 10.1. The van der Waals surface area contributed by atoms with Crippen molar-refractivity contribution >= 4 is 23.3 Å². The van der Waals surface area contributed by atoms with Gasteiger partial charge in [-0.2, -0.15) is 4.98 Å². The number of nitrogens with zero attached hydrogens (tertiary/aromatic N) is 3. The van der Waals surface area contributed by atoms with Gasteiger partial charge in [0.15, 0.2) is 0 Å². The average molecular weight is 327 g/mol.